The number of hydrogen-bond donors (Lipinski definition) is 0. The van der Waals surface area contributed by atoms with Crippen LogP contribution in [0.2, 0.25) is 0 Å². The molecule has 1 aromatic heterocycles. The molecule has 0 bridgehead atoms. The number of ketones is 1. The molecule has 0 fully saturated rings. The van der Waals surface area contributed by atoms with Crippen LogP contribution >= 0.6 is 0 Å². The van der Waals surface area contributed by atoms with Crippen LogP contribution in [0.4, 0.5) is 4.39 Å². The van der Waals surface area contributed by atoms with Gasteiger partial charge in [-0.3, -0.25) is 9.78 Å². The highest BCUT2D eigenvalue weighted by Crippen LogP contribution is 2.20. The number of hydrogen-bond acceptors (Lipinski definition) is 5. The number of Topliss-reactive ketones (excluding diaryl/α,β-unsaturated/α-hetero) is 1. The first-order valence-corrected chi connectivity index (χ1v) is 8.14. The van der Waals surface area contributed by atoms with Crippen molar-refractivity contribution in [2.24, 2.45) is 0 Å². The number of carbonyl (C=O) groups excluding carboxylic acids is 2. The second kappa shape index (κ2) is 8.23. The van der Waals surface area contributed by atoms with Crippen LogP contribution in [-0.2, 0) is 9.53 Å². The van der Waals surface area contributed by atoms with E-state index < -0.39 is 24.2 Å². The maximum absolute atomic E-state index is 13.3. The summed E-state index contributed by atoms with van der Waals surface area (Å²) >= 11 is 0. The Balaban J connectivity index is 1.67. The molecule has 2 aromatic carbocycles. The van der Waals surface area contributed by atoms with Gasteiger partial charge in [0.1, 0.15) is 11.6 Å². The van der Waals surface area contributed by atoms with E-state index in [0.717, 1.165) is 22.5 Å². The number of benzene rings is 2. The standard InChI is InChI=1S/C21H16FNO4/c1-26-19-9-8-16(22)12-17(19)18(24)13-27-20(25)10-7-15-5-2-4-14-6-3-11-23-21(14)15/h2-12H,13H2,1H3/b10-7-. The number of nitrogens with zero attached hydrogens (tertiary/aromatic N) is 1. The lowest BCUT2D eigenvalue weighted by Crippen LogP contribution is -2.13. The van der Waals surface area contributed by atoms with Gasteiger partial charge in [-0.15, -0.1) is 0 Å². The molecule has 27 heavy (non-hydrogen) atoms. The fourth-order valence-electron chi connectivity index (χ4n) is 2.58. The Bertz CT molecular complexity index is 1020. The third kappa shape index (κ3) is 4.36. The molecule has 1 heterocycles. The van der Waals surface area contributed by atoms with E-state index in [4.69, 9.17) is 9.47 Å². The van der Waals surface area contributed by atoms with Gasteiger partial charge in [0.25, 0.3) is 0 Å². The Kier molecular flexibility index (Phi) is 5.56. The van der Waals surface area contributed by atoms with Crippen molar-refractivity contribution in [3.8, 4) is 5.75 Å². The molecule has 6 heteroatoms. The average molecular weight is 365 g/mol. The second-order valence-electron chi connectivity index (χ2n) is 5.63. The zero-order valence-electron chi connectivity index (χ0n) is 14.5. The molecule has 0 N–H and O–H groups in total. The van der Waals surface area contributed by atoms with Gasteiger partial charge in [-0.25, -0.2) is 9.18 Å². The van der Waals surface area contributed by atoms with E-state index in [2.05, 4.69) is 4.98 Å². The van der Waals surface area contributed by atoms with Crippen molar-refractivity contribution >= 4 is 28.7 Å². The molecule has 0 spiro atoms. The van der Waals surface area contributed by atoms with E-state index in [9.17, 15) is 14.0 Å². The van der Waals surface area contributed by atoms with E-state index in [1.54, 1.807) is 12.3 Å². The van der Waals surface area contributed by atoms with Crippen molar-refractivity contribution in [2.45, 2.75) is 0 Å². The van der Waals surface area contributed by atoms with Gasteiger partial charge in [0.15, 0.2) is 6.61 Å². The maximum Gasteiger partial charge on any atom is 0.331 e. The molecule has 3 aromatic rings. The molecule has 5 nitrogen and oxygen atoms in total. The van der Waals surface area contributed by atoms with Gasteiger partial charge < -0.3 is 9.47 Å². The lowest BCUT2D eigenvalue weighted by atomic mass is 10.1. The molecule has 0 aliphatic rings. The van der Waals surface area contributed by atoms with Crippen LogP contribution in [-0.4, -0.2) is 30.5 Å². The van der Waals surface area contributed by atoms with Gasteiger partial charge in [0.2, 0.25) is 5.78 Å². The van der Waals surface area contributed by atoms with Crippen LogP contribution in [0.3, 0.4) is 0 Å². The molecule has 0 atom stereocenters. The Labute approximate surface area is 155 Å². The molecule has 0 saturated heterocycles. The van der Waals surface area contributed by atoms with Crippen LogP contribution in [0.5, 0.6) is 5.75 Å². The smallest absolute Gasteiger partial charge is 0.331 e. The predicted octanol–water partition coefficient (Wildman–Crippen LogP) is 3.82. The molecular weight excluding hydrogens is 349 g/mol. The average Bonchev–Trinajstić information content (AvgIpc) is 2.70. The van der Waals surface area contributed by atoms with Crippen molar-refractivity contribution in [1.82, 2.24) is 4.98 Å². The van der Waals surface area contributed by atoms with Gasteiger partial charge >= 0.3 is 5.97 Å². The zero-order valence-corrected chi connectivity index (χ0v) is 14.5. The molecule has 0 amide bonds. The Hall–Kier alpha value is -3.54. The summed E-state index contributed by atoms with van der Waals surface area (Å²) in [7, 11) is 1.37. The van der Waals surface area contributed by atoms with Crippen LogP contribution in [0.1, 0.15) is 15.9 Å². The van der Waals surface area contributed by atoms with Crippen molar-refractivity contribution in [3.63, 3.8) is 0 Å². The van der Waals surface area contributed by atoms with Crippen LogP contribution in [0.25, 0.3) is 17.0 Å². The van der Waals surface area contributed by atoms with Crippen molar-refractivity contribution in [2.75, 3.05) is 13.7 Å². The number of methoxy groups -OCH3 is 1. The quantitative estimate of drug-likeness (QED) is 0.377. The maximum atomic E-state index is 13.3. The summed E-state index contributed by atoms with van der Waals surface area (Å²) in [4.78, 5) is 28.4. The van der Waals surface area contributed by atoms with Crippen molar-refractivity contribution in [3.05, 3.63) is 77.7 Å². The summed E-state index contributed by atoms with van der Waals surface area (Å²) in [5.41, 5.74) is 1.53. The highest BCUT2D eigenvalue weighted by atomic mass is 19.1. The minimum atomic E-state index is -0.688. The van der Waals surface area contributed by atoms with Crippen molar-refractivity contribution < 1.29 is 23.5 Å². The molecule has 0 saturated carbocycles. The third-order valence-corrected chi connectivity index (χ3v) is 3.87. The minimum absolute atomic E-state index is 0.0209. The highest BCUT2D eigenvalue weighted by molar-refractivity contribution is 6.01. The van der Waals surface area contributed by atoms with Crippen LogP contribution < -0.4 is 4.74 Å². The van der Waals surface area contributed by atoms with E-state index in [1.807, 2.05) is 30.3 Å². The van der Waals surface area contributed by atoms with Crippen LogP contribution in [0, 0.1) is 5.82 Å². The second-order valence-corrected chi connectivity index (χ2v) is 5.63. The number of para-hydroxylation sites is 1. The van der Waals surface area contributed by atoms with Crippen LogP contribution in [0.15, 0.2) is 60.8 Å². The van der Waals surface area contributed by atoms with Gasteiger partial charge in [0, 0.05) is 23.2 Å². The highest BCUT2D eigenvalue weighted by Gasteiger charge is 2.15. The van der Waals surface area contributed by atoms with E-state index in [0.29, 0.717) is 0 Å². The molecule has 0 aliphatic heterocycles. The summed E-state index contributed by atoms with van der Waals surface area (Å²) in [6.07, 6.45) is 4.47. The fourth-order valence-corrected chi connectivity index (χ4v) is 2.58. The number of halogens is 1. The number of carbonyl (C=O) groups is 2. The molecule has 3 rings (SSSR count). The summed E-state index contributed by atoms with van der Waals surface area (Å²) in [5.74, 6) is -1.60. The topological polar surface area (TPSA) is 65.5 Å². The van der Waals surface area contributed by atoms with E-state index in [-0.39, 0.29) is 11.3 Å². The number of rotatable bonds is 6. The first kappa shape index (κ1) is 18.3. The first-order chi connectivity index (χ1) is 13.1. The normalized spacial score (nSPS) is 10.9. The van der Waals surface area contributed by atoms with Gasteiger partial charge in [-0.1, -0.05) is 24.3 Å². The van der Waals surface area contributed by atoms with Gasteiger partial charge in [-0.05, 0) is 30.3 Å². The first-order valence-electron chi connectivity index (χ1n) is 8.14. The largest absolute Gasteiger partial charge is 0.496 e. The number of aromatic nitrogens is 1. The number of pyridine rings is 1. The number of fused-ring (bicyclic) bond motifs is 1. The summed E-state index contributed by atoms with van der Waals surface area (Å²) < 4.78 is 23.3. The lowest BCUT2D eigenvalue weighted by Gasteiger charge is -2.07. The molecule has 0 aliphatic carbocycles. The van der Waals surface area contributed by atoms with E-state index in [1.165, 1.54) is 25.3 Å². The minimum Gasteiger partial charge on any atom is -0.496 e. The van der Waals surface area contributed by atoms with Gasteiger partial charge in [0.05, 0.1) is 18.2 Å². The predicted molar refractivity (Wildman–Crippen MR) is 99.0 cm³/mol. The summed E-state index contributed by atoms with van der Waals surface area (Å²) in [6.45, 7) is -0.517. The molecule has 0 unspecified atom stereocenters. The van der Waals surface area contributed by atoms with E-state index >= 15 is 0 Å². The monoisotopic (exact) mass is 365 g/mol. The summed E-state index contributed by atoms with van der Waals surface area (Å²) in [6, 6.07) is 12.9. The Morgan fingerprint density at radius 1 is 1.15 bits per heavy atom. The number of esters is 1. The Morgan fingerprint density at radius 2 is 1.96 bits per heavy atom. The fraction of sp³-hybridized carbons (Fsp3) is 0.0952. The molecular formula is C21H16FNO4. The lowest BCUT2D eigenvalue weighted by molar-refractivity contribution is -0.136. The molecule has 0 radical (unpaired) electrons. The van der Waals surface area contributed by atoms with Crippen molar-refractivity contribution in [1.29, 1.82) is 0 Å². The number of ether oxygens (including phenoxy) is 2. The zero-order chi connectivity index (χ0) is 19.2. The van der Waals surface area contributed by atoms with Gasteiger partial charge in [-0.2, -0.15) is 0 Å². The Morgan fingerprint density at radius 3 is 2.78 bits per heavy atom. The third-order valence-electron chi connectivity index (χ3n) is 3.87. The SMILES string of the molecule is COc1ccc(F)cc1C(=O)COC(=O)/C=C\c1cccc2cccnc12. The molecule has 136 valence electrons. The summed E-state index contributed by atoms with van der Waals surface area (Å²) in [5, 5.41) is 0.946.